The molecule has 0 fully saturated rings. The van der Waals surface area contributed by atoms with Crippen molar-refractivity contribution in [2.45, 2.75) is 46.8 Å². The predicted octanol–water partition coefficient (Wildman–Crippen LogP) is 3.19. The highest BCUT2D eigenvalue weighted by molar-refractivity contribution is 5.35. The second-order valence-electron chi connectivity index (χ2n) is 5.17. The highest BCUT2D eigenvalue weighted by Gasteiger charge is 2.17. The lowest BCUT2D eigenvalue weighted by atomic mass is 10.1. The van der Waals surface area contributed by atoms with Gasteiger partial charge in [-0.3, -0.25) is 4.68 Å². The quantitative estimate of drug-likeness (QED) is 0.888. The Hall–Kier alpha value is -1.81. The molecule has 21 heavy (non-hydrogen) atoms. The molecule has 1 aromatic heterocycles. The molecule has 4 nitrogen and oxygen atoms in total. The Balaban J connectivity index is 2.24. The Bertz CT molecular complexity index is 605. The first-order chi connectivity index (χ1) is 10.1. The summed E-state index contributed by atoms with van der Waals surface area (Å²) in [4.78, 5) is 0. The number of nitrogens with zero attached hydrogens (tertiary/aromatic N) is 2. The molecule has 0 bridgehead atoms. The van der Waals surface area contributed by atoms with Crippen molar-refractivity contribution in [3.05, 3.63) is 46.8 Å². The number of hydrogen-bond donors (Lipinski definition) is 1. The van der Waals surface area contributed by atoms with Gasteiger partial charge < -0.3 is 9.84 Å². The molecule has 0 aliphatic rings. The fourth-order valence-electron chi connectivity index (χ4n) is 2.73. The summed E-state index contributed by atoms with van der Waals surface area (Å²) in [5, 5.41) is 15.1. The van der Waals surface area contributed by atoms with E-state index in [1.54, 1.807) is 0 Å². The maximum Gasteiger partial charge on any atom is 0.125 e. The van der Waals surface area contributed by atoms with Crippen LogP contribution < -0.4 is 4.74 Å². The van der Waals surface area contributed by atoms with Gasteiger partial charge in [-0.25, -0.2) is 0 Å². The lowest BCUT2D eigenvalue weighted by Crippen LogP contribution is -2.13. The van der Waals surface area contributed by atoms with Crippen molar-refractivity contribution in [2.75, 3.05) is 6.61 Å². The van der Waals surface area contributed by atoms with Crippen molar-refractivity contribution in [3.63, 3.8) is 0 Å². The average Bonchev–Trinajstić information content (AvgIpc) is 2.73. The standard InChI is InChI=1S/C17H24N2O2/c1-5-14-12(3)18-19(13(14)4)11-16(20)15-9-7-8-10-17(15)21-6-2/h7-10,16,20H,5-6,11H2,1-4H3. The fourth-order valence-corrected chi connectivity index (χ4v) is 2.73. The van der Waals surface area contributed by atoms with Crippen molar-refractivity contribution in [1.29, 1.82) is 0 Å². The zero-order valence-corrected chi connectivity index (χ0v) is 13.3. The van der Waals surface area contributed by atoms with Gasteiger partial charge in [-0.05, 0) is 38.8 Å². The van der Waals surface area contributed by atoms with Crippen LogP contribution in [0.25, 0.3) is 0 Å². The van der Waals surface area contributed by atoms with Crippen LogP contribution in [-0.2, 0) is 13.0 Å². The number of aliphatic hydroxyl groups excluding tert-OH is 1. The molecule has 1 atom stereocenters. The van der Waals surface area contributed by atoms with E-state index in [2.05, 4.69) is 18.9 Å². The van der Waals surface area contributed by atoms with Gasteiger partial charge in [-0.15, -0.1) is 0 Å². The zero-order chi connectivity index (χ0) is 15.4. The monoisotopic (exact) mass is 288 g/mol. The van der Waals surface area contributed by atoms with E-state index in [-0.39, 0.29) is 0 Å². The number of para-hydroxylation sites is 1. The smallest absolute Gasteiger partial charge is 0.125 e. The number of rotatable bonds is 6. The lowest BCUT2D eigenvalue weighted by Gasteiger charge is -2.16. The summed E-state index contributed by atoms with van der Waals surface area (Å²) < 4.78 is 7.48. The van der Waals surface area contributed by atoms with Crippen LogP contribution in [0.4, 0.5) is 0 Å². The van der Waals surface area contributed by atoms with Crippen molar-refractivity contribution in [3.8, 4) is 5.75 Å². The van der Waals surface area contributed by atoms with E-state index in [1.165, 1.54) is 5.56 Å². The Morgan fingerprint density at radius 1 is 1.24 bits per heavy atom. The minimum absolute atomic E-state index is 0.441. The van der Waals surface area contributed by atoms with Gasteiger partial charge in [0.25, 0.3) is 0 Å². The van der Waals surface area contributed by atoms with Crippen LogP contribution in [0.2, 0.25) is 0 Å². The molecule has 1 aromatic carbocycles. The molecule has 1 heterocycles. The topological polar surface area (TPSA) is 47.3 Å². The lowest BCUT2D eigenvalue weighted by molar-refractivity contribution is 0.145. The molecule has 0 saturated carbocycles. The number of hydrogen-bond acceptors (Lipinski definition) is 3. The van der Waals surface area contributed by atoms with Gasteiger partial charge in [0, 0.05) is 11.3 Å². The molecule has 0 aliphatic heterocycles. The summed E-state index contributed by atoms with van der Waals surface area (Å²) >= 11 is 0. The van der Waals surface area contributed by atoms with Crippen molar-refractivity contribution >= 4 is 0 Å². The predicted molar refractivity (Wildman–Crippen MR) is 83.6 cm³/mol. The van der Waals surface area contributed by atoms with E-state index in [4.69, 9.17) is 4.74 Å². The number of aromatic nitrogens is 2. The first-order valence-electron chi connectivity index (χ1n) is 7.51. The second kappa shape index (κ2) is 6.76. The summed E-state index contributed by atoms with van der Waals surface area (Å²) in [6, 6.07) is 7.63. The summed E-state index contributed by atoms with van der Waals surface area (Å²) in [6.45, 7) is 9.17. The second-order valence-corrected chi connectivity index (χ2v) is 5.17. The minimum atomic E-state index is -0.629. The molecule has 0 saturated heterocycles. The summed E-state index contributed by atoms with van der Waals surface area (Å²) in [6.07, 6.45) is 0.332. The van der Waals surface area contributed by atoms with Gasteiger partial charge >= 0.3 is 0 Å². The van der Waals surface area contributed by atoms with E-state index < -0.39 is 6.10 Å². The minimum Gasteiger partial charge on any atom is -0.493 e. The van der Waals surface area contributed by atoms with Crippen molar-refractivity contribution < 1.29 is 9.84 Å². The summed E-state index contributed by atoms with van der Waals surface area (Å²) in [7, 11) is 0. The summed E-state index contributed by atoms with van der Waals surface area (Å²) in [5.41, 5.74) is 4.24. The molecule has 2 rings (SSSR count). The maximum absolute atomic E-state index is 10.5. The maximum atomic E-state index is 10.5. The molecule has 4 heteroatoms. The molecule has 1 N–H and O–H groups in total. The Morgan fingerprint density at radius 2 is 1.95 bits per heavy atom. The SMILES string of the molecule is CCOc1ccccc1C(O)Cn1nc(C)c(CC)c1C. The van der Waals surface area contributed by atoms with Crippen LogP contribution in [0.3, 0.4) is 0 Å². The van der Waals surface area contributed by atoms with Gasteiger partial charge in [0.1, 0.15) is 11.9 Å². The third-order valence-electron chi connectivity index (χ3n) is 3.81. The molecule has 0 spiro atoms. The van der Waals surface area contributed by atoms with Gasteiger partial charge in [-0.1, -0.05) is 25.1 Å². The number of aryl methyl sites for hydroxylation is 1. The third-order valence-corrected chi connectivity index (χ3v) is 3.81. The molecule has 114 valence electrons. The normalized spacial score (nSPS) is 12.4. The van der Waals surface area contributed by atoms with Crippen LogP contribution in [-0.4, -0.2) is 21.5 Å². The third kappa shape index (κ3) is 3.27. The van der Waals surface area contributed by atoms with Crippen molar-refractivity contribution in [2.24, 2.45) is 0 Å². The Labute approximate surface area is 126 Å². The number of benzene rings is 1. The average molecular weight is 288 g/mol. The molecule has 0 amide bonds. The Kier molecular flexibility index (Phi) is 5.02. The highest BCUT2D eigenvalue weighted by Crippen LogP contribution is 2.27. The van der Waals surface area contributed by atoms with E-state index in [0.717, 1.165) is 29.1 Å². The number of ether oxygens (including phenoxy) is 1. The molecule has 1 unspecified atom stereocenters. The molecular formula is C17H24N2O2. The highest BCUT2D eigenvalue weighted by atomic mass is 16.5. The van der Waals surface area contributed by atoms with Gasteiger partial charge in [0.15, 0.2) is 0 Å². The molecular weight excluding hydrogens is 264 g/mol. The Morgan fingerprint density at radius 3 is 2.57 bits per heavy atom. The molecule has 0 aliphatic carbocycles. The van der Waals surface area contributed by atoms with Gasteiger partial charge in [0.2, 0.25) is 0 Å². The van der Waals surface area contributed by atoms with Gasteiger partial charge in [-0.2, -0.15) is 5.10 Å². The fraction of sp³-hybridized carbons (Fsp3) is 0.471. The largest absolute Gasteiger partial charge is 0.493 e. The summed E-state index contributed by atoms with van der Waals surface area (Å²) in [5.74, 6) is 0.741. The van der Waals surface area contributed by atoms with E-state index in [1.807, 2.05) is 42.8 Å². The van der Waals surface area contributed by atoms with Crippen LogP contribution in [0.1, 0.15) is 42.5 Å². The van der Waals surface area contributed by atoms with Gasteiger partial charge in [0.05, 0.1) is 18.8 Å². The van der Waals surface area contributed by atoms with E-state index >= 15 is 0 Å². The first kappa shape index (κ1) is 15.6. The molecule has 0 radical (unpaired) electrons. The number of aliphatic hydroxyl groups is 1. The van der Waals surface area contributed by atoms with E-state index in [9.17, 15) is 5.11 Å². The van der Waals surface area contributed by atoms with E-state index in [0.29, 0.717) is 13.2 Å². The van der Waals surface area contributed by atoms with Crippen LogP contribution in [0, 0.1) is 13.8 Å². The zero-order valence-electron chi connectivity index (χ0n) is 13.3. The molecule has 2 aromatic rings. The van der Waals surface area contributed by atoms with Crippen molar-refractivity contribution in [1.82, 2.24) is 9.78 Å². The first-order valence-corrected chi connectivity index (χ1v) is 7.51. The van der Waals surface area contributed by atoms with Crippen LogP contribution >= 0.6 is 0 Å². The van der Waals surface area contributed by atoms with Crippen LogP contribution in [0.5, 0.6) is 5.75 Å². The van der Waals surface area contributed by atoms with Crippen LogP contribution in [0.15, 0.2) is 24.3 Å².